The van der Waals surface area contributed by atoms with Gasteiger partial charge in [-0.1, -0.05) is 18.7 Å². The van der Waals surface area contributed by atoms with E-state index >= 15 is 0 Å². The molecule has 1 amide bonds. The van der Waals surface area contributed by atoms with Gasteiger partial charge in [0.15, 0.2) is 10.9 Å². The number of carbonyl (C=O) groups excluding carboxylic acids is 2. The van der Waals surface area contributed by atoms with Crippen molar-refractivity contribution in [3.8, 4) is 0 Å². The third kappa shape index (κ3) is 4.56. The third-order valence-electron chi connectivity index (χ3n) is 3.03. The van der Waals surface area contributed by atoms with Crippen LogP contribution in [0.15, 0.2) is 34.2 Å². The summed E-state index contributed by atoms with van der Waals surface area (Å²) in [5, 5.41) is 9.49. The number of amides is 1. The summed E-state index contributed by atoms with van der Waals surface area (Å²) >= 11 is 1.23. The van der Waals surface area contributed by atoms with E-state index in [1.54, 1.807) is 24.3 Å². The van der Waals surface area contributed by atoms with Gasteiger partial charge in [-0.2, -0.15) is 0 Å². The smallest absolute Gasteiger partial charge is 0.326 e. The van der Waals surface area contributed by atoms with Gasteiger partial charge in [-0.3, -0.25) is 14.2 Å². The maximum atomic E-state index is 12.2. The highest BCUT2D eigenvalue weighted by Gasteiger charge is 2.12. The molecule has 0 atom stereocenters. The topological polar surface area (TPSA) is 96.8 Å². The van der Waals surface area contributed by atoms with Gasteiger partial charge in [-0.25, -0.2) is 9.89 Å². The number of aromatic amines is 1. The van der Waals surface area contributed by atoms with Crippen molar-refractivity contribution < 1.29 is 9.59 Å². The number of nitrogens with one attached hydrogen (secondary N) is 2. The van der Waals surface area contributed by atoms with E-state index in [9.17, 15) is 14.4 Å². The minimum absolute atomic E-state index is 0.0668. The van der Waals surface area contributed by atoms with Gasteiger partial charge >= 0.3 is 5.69 Å². The average Bonchev–Trinajstić information content (AvgIpc) is 2.86. The Bertz CT molecular complexity index is 749. The zero-order valence-electron chi connectivity index (χ0n) is 13.0. The standard InChI is InChI=1S/C15H18N4O3S/c1-3-8-19-14(22)17-18-15(19)23-9-13(21)11-4-6-12(7-5-11)16-10(2)20/h4-7H,3,8-9H2,1-2H3,(H,16,20)(H,17,22). The number of carbonyl (C=O) groups is 2. The van der Waals surface area contributed by atoms with E-state index in [2.05, 4.69) is 15.5 Å². The lowest BCUT2D eigenvalue weighted by atomic mass is 10.1. The normalized spacial score (nSPS) is 10.5. The van der Waals surface area contributed by atoms with Crippen LogP contribution >= 0.6 is 11.8 Å². The number of H-pyrrole nitrogens is 1. The lowest BCUT2D eigenvalue weighted by molar-refractivity contribution is -0.114. The fourth-order valence-corrected chi connectivity index (χ4v) is 2.86. The molecule has 2 N–H and O–H groups in total. The molecule has 0 unspecified atom stereocenters. The quantitative estimate of drug-likeness (QED) is 0.595. The van der Waals surface area contributed by atoms with Gasteiger partial charge in [0.2, 0.25) is 5.91 Å². The number of benzene rings is 1. The van der Waals surface area contributed by atoms with E-state index in [1.165, 1.54) is 23.3 Å². The van der Waals surface area contributed by atoms with Crippen LogP contribution < -0.4 is 11.0 Å². The molecule has 2 rings (SSSR count). The predicted octanol–water partition coefficient (Wildman–Crippen LogP) is 1.91. The molecule has 0 aliphatic rings. The monoisotopic (exact) mass is 334 g/mol. The van der Waals surface area contributed by atoms with Crippen molar-refractivity contribution in [1.29, 1.82) is 0 Å². The van der Waals surface area contributed by atoms with Crippen LogP contribution in [0.25, 0.3) is 0 Å². The predicted molar refractivity (Wildman–Crippen MR) is 88.9 cm³/mol. The van der Waals surface area contributed by atoms with Crippen molar-refractivity contribution in [2.75, 3.05) is 11.1 Å². The summed E-state index contributed by atoms with van der Waals surface area (Å²) in [5.41, 5.74) is 0.929. The van der Waals surface area contributed by atoms with Crippen LogP contribution in [0.1, 0.15) is 30.6 Å². The number of rotatable bonds is 7. The second kappa shape index (κ2) is 7.77. The maximum absolute atomic E-state index is 12.2. The number of hydrogen-bond acceptors (Lipinski definition) is 5. The zero-order valence-corrected chi connectivity index (χ0v) is 13.8. The first-order valence-corrected chi connectivity index (χ1v) is 8.18. The van der Waals surface area contributed by atoms with E-state index in [4.69, 9.17) is 0 Å². The minimum atomic E-state index is -0.263. The summed E-state index contributed by atoms with van der Waals surface area (Å²) in [6.45, 7) is 3.96. The molecule has 2 aromatic rings. The summed E-state index contributed by atoms with van der Waals surface area (Å²) in [4.78, 5) is 34.7. The van der Waals surface area contributed by atoms with E-state index < -0.39 is 0 Å². The van der Waals surface area contributed by atoms with Crippen molar-refractivity contribution >= 4 is 29.1 Å². The summed E-state index contributed by atoms with van der Waals surface area (Å²) in [7, 11) is 0. The van der Waals surface area contributed by atoms with Gasteiger partial charge in [0.25, 0.3) is 0 Å². The largest absolute Gasteiger partial charge is 0.343 e. The lowest BCUT2D eigenvalue weighted by Crippen LogP contribution is -2.17. The molecule has 0 bridgehead atoms. The van der Waals surface area contributed by atoms with Crippen LogP contribution in [0.4, 0.5) is 5.69 Å². The average molecular weight is 334 g/mol. The summed E-state index contributed by atoms with van der Waals surface area (Å²) in [5.74, 6) is -0.0389. The number of Topliss-reactive ketones (excluding diaryl/α,β-unsaturated/α-hetero) is 1. The van der Waals surface area contributed by atoms with Crippen LogP contribution in [-0.4, -0.2) is 32.2 Å². The van der Waals surface area contributed by atoms with Crippen LogP contribution in [0.3, 0.4) is 0 Å². The van der Waals surface area contributed by atoms with E-state index in [0.717, 1.165) is 6.42 Å². The highest BCUT2D eigenvalue weighted by Crippen LogP contribution is 2.17. The van der Waals surface area contributed by atoms with Gasteiger partial charge in [0, 0.05) is 24.7 Å². The Morgan fingerprint density at radius 1 is 1.30 bits per heavy atom. The fraction of sp³-hybridized carbons (Fsp3) is 0.333. The van der Waals surface area contributed by atoms with Crippen LogP contribution in [0, 0.1) is 0 Å². The number of hydrogen-bond donors (Lipinski definition) is 2. The molecule has 0 aliphatic heterocycles. The van der Waals surface area contributed by atoms with Crippen molar-refractivity contribution in [2.24, 2.45) is 0 Å². The SMILES string of the molecule is CCCn1c(SCC(=O)c2ccc(NC(C)=O)cc2)n[nH]c1=O. The zero-order chi connectivity index (χ0) is 16.8. The van der Waals surface area contributed by atoms with Crippen LogP contribution in [-0.2, 0) is 11.3 Å². The Balaban J connectivity index is 1.99. The van der Waals surface area contributed by atoms with E-state index in [1.807, 2.05) is 6.92 Å². The second-order valence-electron chi connectivity index (χ2n) is 4.93. The van der Waals surface area contributed by atoms with Gasteiger partial charge in [0.05, 0.1) is 5.75 Å². The Morgan fingerprint density at radius 2 is 2.00 bits per heavy atom. The van der Waals surface area contributed by atoms with E-state index in [0.29, 0.717) is 23.0 Å². The van der Waals surface area contributed by atoms with Crippen molar-refractivity contribution in [1.82, 2.24) is 14.8 Å². The number of aromatic nitrogens is 3. The molecule has 23 heavy (non-hydrogen) atoms. The Morgan fingerprint density at radius 3 is 2.61 bits per heavy atom. The molecule has 0 radical (unpaired) electrons. The molecule has 0 spiro atoms. The maximum Gasteiger partial charge on any atom is 0.343 e. The minimum Gasteiger partial charge on any atom is -0.326 e. The van der Waals surface area contributed by atoms with Crippen molar-refractivity contribution in [3.05, 3.63) is 40.3 Å². The Labute approximate surface area is 137 Å². The van der Waals surface area contributed by atoms with Crippen LogP contribution in [0.5, 0.6) is 0 Å². The fourth-order valence-electron chi connectivity index (χ4n) is 1.99. The molecule has 1 heterocycles. The van der Waals surface area contributed by atoms with Gasteiger partial charge in [0.1, 0.15) is 0 Å². The first kappa shape index (κ1) is 17.0. The molecule has 0 fully saturated rings. The molecule has 0 saturated carbocycles. The number of ketones is 1. The molecular formula is C15H18N4O3S. The third-order valence-corrected chi connectivity index (χ3v) is 4.01. The second-order valence-corrected chi connectivity index (χ2v) is 5.88. The lowest BCUT2D eigenvalue weighted by Gasteiger charge is -2.05. The molecule has 7 nitrogen and oxygen atoms in total. The summed E-state index contributed by atoms with van der Waals surface area (Å²) in [6, 6.07) is 6.69. The van der Waals surface area contributed by atoms with Gasteiger partial charge in [-0.05, 0) is 30.7 Å². The molecule has 0 saturated heterocycles. The first-order valence-electron chi connectivity index (χ1n) is 7.20. The Hall–Kier alpha value is -2.35. The van der Waals surface area contributed by atoms with Crippen LogP contribution in [0.2, 0.25) is 0 Å². The van der Waals surface area contributed by atoms with E-state index in [-0.39, 0.29) is 23.1 Å². The highest BCUT2D eigenvalue weighted by molar-refractivity contribution is 7.99. The summed E-state index contributed by atoms with van der Waals surface area (Å²) in [6.07, 6.45) is 0.811. The highest BCUT2D eigenvalue weighted by atomic mass is 32.2. The molecule has 1 aromatic carbocycles. The first-order chi connectivity index (χ1) is 11.0. The summed E-state index contributed by atoms with van der Waals surface area (Å²) < 4.78 is 1.53. The van der Waals surface area contributed by atoms with Crippen molar-refractivity contribution in [2.45, 2.75) is 32.0 Å². The molecule has 1 aromatic heterocycles. The van der Waals surface area contributed by atoms with Gasteiger partial charge in [-0.15, -0.1) is 5.10 Å². The number of anilines is 1. The molecule has 8 heteroatoms. The Kier molecular flexibility index (Phi) is 5.75. The number of thioether (sulfide) groups is 1. The van der Waals surface area contributed by atoms with Crippen molar-refractivity contribution in [3.63, 3.8) is 0 Å². The number of nitrogens with zero attached hydrogens (tertiary/aromatic N) is 2. The molecule has 122 valence electrons. The van der Waals surface area contributed by atoms with Gasteiger partial charge < -0.3 is 5.32 Å². The molecular weight excluding hydrogens is 316 g/mol. The molecule has 0 aliphatic carbocycles.